The van der Waals surface area contributed by atoms with Crippen molar-refractivity contribution in [1.82, 2.24) is 0 Å². The molecular formula is C20H23NO7S2. The van der Waals surface area contributed by atoms with Crippen LogP contribution in [0.5, 0.6) is 5.75 Å². The molecule has 0 aromatic heterocycles. The molecule has 0 aliphatic heterocycles. The molecule has 1 aliphatic carbocycles. The van der Waals surface area contributed by atoms with Gasteiger partial charge in [-0.2, -0.15) is 16.8 Å². The van der Waals surface area contributed by atoms with Crippen LogP contribution in [0.2, 0.25) is 0 Å². The van der Waals surface area contributed by atoms with E-state index in [4.69, 9.17) is 4.74 Å². The van der Waals surface area contributed by atoms with E-state index in [0.717, 1.165) is 37.5 Å². The van der Waals surface area contributed by atoms with Gasteiger partial charge in [-0.1, -0.05) is 18.2 Å². The zero-order valence-corrected chi connectivity index (χ0v) is 18.2. The summed E-state index contributed by atoms with van der Waals surface area (Å²) in [5, 5.41) is 3.66. The smallest absolute Gasteiger partial charge is 0.294 e. The van der Waals surface area contributed by atoms with E-state index in [9.17, 15) is 25.9 Å². The largest absolute Gasteiger partial charge is 0.496 e. The lowest BCUT2D eigenvalue weighted by molar-refractivity contribution is 0.417. The van der Waals surface area contributed by atoms with Gasteiger partial charge in [0.05, 0.1) is 22.6 Å². The number of rotatable bonds is 6. The van der Waals surface area contributed by atoms with Gasteiger partial charge in [-0.15, -0.1) is 0 Å². The second kappa shape index (κ2) is 8.03. The van der Waals surface area contributed by atoms with E-state index in [1.165, 1.54) is 18.7 Å². The molecule has 0 saturated heterocycles. The molecule has 1 atom stereocenters. The number of methoxy groups -OCH3 is 1. The fraction of sp³-hybridized carbons (Fsp3) is 0.300. The summed E-state index contributed by atoms with van der Waals surface area (Å²) >= 11 is 0. The maximum Gasteiger partial charge on any atom is 0.294 e. The van der Waals surface area contributed by atoms with Crippen molar-refractivity contribution >= 4 is 36.7 Å². The molecule has 3 N–H and O–H groups in total. The van der Waals surface area contributed by atoms with E-state index in [1.54, 1.807) is 0 Å². The molecule has 0 spiro atoms. The Balaban J connectivity index is 2.19. The van der Waals surface area contributed by atoms with Crippen LogP contribution in [0, 0.1) is 5.92 Å². The van der Waals surface area contributed by atoms with Crippen LogP contribution in [0.25, 0.3) is 10.8 Å². The highest BCUT2D eigenvalue weighted by atomic mass is 32.2. The lowest BCUT2D eigenvalue weighted by Crippen LogP contribution is -2.14. The van der Waals surface area contributed by atoms with Crippen molar-refractivity contribution in [3.05, 3.63) is 48.2 Å². The van der Waals surface area contributed by atoms with Crippen molar-refractivity contribution < 1.29 is 30.7 Å². The molecule has 0 saturated carbocycles. The van der Waals surface area contributed by atoms with Gasteiger partial charge in [-0.3, -0.25) is 9.11 Å². The summed E-state index contributed by atoms with van der Waals surface area (Å²) in [6.07, 6.45) is 4.73. The van der Waals surface area contributed by atoms with Crippen molar-refractivity contribution in [3.63, 3.8) is 0 Å². The van der Waals surface area contributed by atoms with Gasteiger partial charge in [-0.25, -0.2) is 0 Å². The minimum Gasteiger partial charge on any atom is -0.496 e. The van der Waals surface area contributed by atoms with Crippen molar-refractivity contribution in [2.24, 2.45) is 5.92 Å². The van der Waals surface area contributed by atoms with Crippen LogP contribution in [0.3, 0.4) is 0 Å². The molecule has 8 nitrogen and oxygen atoms in total. The molecule has 2 aromatic carbocycles. The molecule has 2 aromatic rings. The first-order valence-corrected chi connectivity index (χ1v) is 12.0. The predicted octanol–water partition coefficient (Wildman–Crippen LogP) is 4.01. The van der Waals surface area contributed by atoms with Gasteiger partial charge in [0.1, 0.15) is 5.75 Å². The Morgan fingerprint density at radius 3 is 2.20 bits per heavy atom. The van der Waals surface area contributed by atoms with Crippen molar-refractivity contribution in [1.29, 1.82) is 0 Å². The topological polar surface area (TPSA) is 130 Å². The zero-order valence-electron chi connectivity index (χ0n) is 16.5. The van der Waals surface area contributed by atoms with Crippen LogP contribution in [-0.4, -0.2) is 33.1 Å². The summed E-state index contributed by atoms with van der Waals surface area (Å²) in [7, 11) is -7.83. The standard InChI is InChI=1S/C20H23NO7S2/c1-12-4-6-14(7-5-12)13(2)21-18-10-16(29(22,23)24)8-15-9-17(30(25,26)27)11-19(28-3)20(15)18/h4,8-11,14,21H,2,5-7H2,1,3H3,(H,22,23,24)(H,25,26,27). The van der Waals surface area contributed by atoms with Gasteiger partial charge >= 0.3 is 0 Å². The second-order valence-electron chi connectivity index (χ2n) is 7.32. The molecule has 1 aliphatic rings. The highest BCUT2D eigenvalue weighted by Gasteiger charge is 2.22. The van der Waals surface area contributed by atoms with Gasteiger partial charge in [0.15, 0.2) is 0 Å². The Morgan fingerprint density at radius 2 is 1.70 bits per heavy atom. The molecule has 0 bridgehead atoms. The molecule has 0 fully saturated rings. The molecule has 10 heteroatoms. The SMILES string of the molecule is C=C(Nc1cc(S(=O)(=O)O)cc2cc(S(=O)(=O)O)cc(OC)c12)C1CC=C(C)CC1. The Hall–Kier alpha value is -2.40. The Kier molecular flexibility index (Phi) is 5.96. The fourth-order valence-corrected chi connectivity index (χ4v) is 4.61. The van der Waals surface area contributed by atoms with Gasteiger partial charge in [-0.05, 0) is 49.8 Å². The number of hydrogen-bond acceptors (Lipinski definition) is 6. The summed E-state index contributed by atoms with van der Waals surface area (Å²) in [5.74, 6) is 0.234. The first-order valence-electron chi connectivity index (χ1n) is 9.12. The van der Waals surface area contributed by atoms with Gasteiger partial charge in [0.25, 0.3) is 20.2 Å². The van der Waals surface area contributed by atoms with Crippen molar-refractivity contribution in [3.8, 4) is 5.75 Å². The first-order chi connectivity index (χ1) is 13.9. The first kappa shape index (κ1) is 22.3. The average molecular weight is 454 g/mol. The maximum absolute atomic E-state index is 11.8. The van der Waals surface area contributed by atoms with Crippen LogP contribution in [0.4, 0.5) is 5.69 Å². The zero-order chi connectivity index (χ0) is 22.3. The number of nitrogens with one attached hydrogen (secondary N) is 1. The highest BCUT2D eigenvalue weighted by molar-refractivity contribution is 7.86. The van der Waals surface area contributed by atoms with E-state index in [2.05, 4.69) is 24.9 Å². The predicted molar refractivity (Wildman–Crippen MR) is 114 cm³/mol. The minimum atomic E-state index is -4.58. The maximum atomic E-state index is 11.8. The number of benzene rings is 2. The molecule has 0 amide bonds. The van der Waals surface area contributed by atoms with E-state index >= 15 is 0 Å². The molecule has 162 valence electrons. The molecule has 0 heterocycles. The third kappa shape index (κ3) is 4.67. The lowest BCUT2D eigenvalue weighted by Gasteiger charge is -2.25. The Labute approximate surface area is 175 Å². The van der Waals surface area contributed by atoms with Gasteiger partial charge < -0.3 is 10.1 Å². The Morgan fingerprint density at radius 1 is 1.10 bits per heavy atom. The van der Waals surface area contributed by atoms with Crippen molar-refractivity contribution in [2.45, 2.75) is 36.0 Å². The van der Waals surface area contributed by atoms with E-state index in [0.29, 0.717) is 11.1 Å². The van der Waals surface area contributed by atoms with Crippen LogP contribution >= 0.6 is 0 Å². The monoisotopic (exact) mass is 453 g/mol. The highest BCUT2D eigenvalue weighted by Crippen LogP contribution is 2.39. The lowest BCUT2D eigenvalue weighted by atomic mass is 9.88. The number of fused-ring (bicyclic) bond motifs is 1. The molecule has 0 radical (unpaired) electrons. The summed E-state index contributed by atoms with van der Waals surface area (Å²) in [5.41, 5.74) is 2.25. The van der Waals surface area contributed by atoms with Crippen LogP contribution in [-0.2, 0) is 20.2 Å². The normalized spacial score (nSPS) is 17.5. The molecular weight excluding hydrogens is 430 g/mol. The summed E-state index contributed by atoms with van der Waals surface area (Å²) in [6.45, 7) is 6.14. The fourth-order valence-electron chi connectivity index (χ4n) is 3.54. The number of anilines is 1. The van der Waals surface area contributed by atoms with Crippen LogP contribution in [0.1, 0.15) is 26.2 Å². The van der Waals surface area contributed by atoms with E-state index in [1.807, 2.05) is 0 Å². The summed E-state index contributed by atoms with van der Waals surface area (Å²) < 4.78 is 71.1. The Bertz CT molecular complexity index is 1260. The van der Waals surface area contributed by atoms with Gasteiger partial charge in [0.2, 0.25) is 0 Å². The quantitative estimate of drug-likeness (QED) is 0.442. The number of allylic oxidation sites excluding steroid dienone is 3. The van der Waals surface area contributed by atoms with Crippen LogP contribution < -0.4 is 10.1 Å². The van der Waals surface area contributed by atoms with Crippen molar-refractivity contribution in [2.75, 3.05) is 12.4 Å². The summed E-state index contributed by atoms with van der Waals surface area (Å²) in [6, 6.07) is 4.61. The average Bonchev–Trinajstić information content (AvgIpc) is 2.65. The van der Waals surface area contributed by atoms with Crippen LogP contribution in [0.15, 0.2) is 58.0 Å². The van der Waals surface area contributed by atoms with E-state index < -0.39 is 30.0 Å². The molecule has 30 heavy (non-hydrogen) atoms. The van der Waals surface area contributed by atoms with Gasteiger partial charge in [0, 0.05) is 23.1 Å². The number of ether oxygens (including phenoxy) is 1. The summed E-state index contributed by atoms with van der Waals surface area (Å²) in [4.78, 5) is -0.892. The van der Waals surface area contributed by atoms with E-state index in [-0.39, 0.29) is 22.7 Å². The second-order valence-corrected chi connectivity index (χ2v) is 10.2. The minimum absolute atomic E-state index is 0.108. The molecule has 1 unspecified atom stereocenters. The third-order valence-electron chi connectivity index (χ3n) is 5.20. The third-order valence-corrected chi connectivity index (χ3v) is 6.86. The number of hydrogen-bond donors (Lipinski definition) is 3. The molecule has 3 rings (SSSR count).